The zero-order valence-corrected chi connectivity index (χ0v) is 21.7. The Bertz CT molecular complexity index is 719. The molecule has 1 aromatic heterocycles. The largest absolute Gasteiger partial charge is 0.379 e. The highest BCUT2D eigenvalue weighted by molar-refractivity contribution is 14.0. The molecule has 2 saturated carbocycles. The predicted octanol–water partition coefficient (Wildman–Crippen LogP) is 3.64. The van der Waals surface area contributed by atoms with Gasteiger partial charge < -0.3 is 20.1 Å². The van der Waals surface area contributed by atoms with Gasteiger partial charge in [0.15, 0.2) is 5.96 Å². The number of fused-ring (bicyclic) bond motifs is 2. The van der Waals surface area contributed by atoms with E-state index in [4.69, 9.17) is 14.5 Å². The summed E-state index contributed by atoms with van der Waals surface area (Å²) in [6, 6.07) is 5.24. The van der Waals surface area contributed by atoms with Crippen LogP contribution in [0, 0.1) is 11.3 Å². The van der Waals surface area contributed by atoms with Crippen LogP contribution in [0.2, 0.25) is 0 Å². The molecule has 0 aromatic carbocycles. The summed E-state index contributed by atoms with van der Waals surface area (Å²) in [6.45, 7) is 8.35. The lowest BCUT2D eigenvalue weighted by atomic mass is 9.54. The standard InChI is InChI=1S/C23H36N4O2S.HI/c1-2-24-22(26-20-17-7-12-29-21(17)23(20)8-3-4-9-23)25-16-18(19-6-5-15-30-19)27-10-13-28-14-11-27;/h5-6,15,17-18,20-21H,2-4,7-14,16H2,1H3,(H2,24,25,26);1H. The molecule has 6 nitrogen and oxygen atoms in total. The predicted molar refractivity (Wildman–Crippen MR) is 137 cm³/mol. The summed E-state index contributed by atoms with van der Waals surface area (Å²) >= 11 is 1.84. The van der Waals surface area contributed by atoms with Crippen LogP contribution in [0.25, 0.3) is 0 Å². The van der Waals surface area contributed by atoms with Crippen molar-refractivity contribution in [2.24, 2.45) is 16.3 Å². The summed E-state index contributed by atoms with van der Waals surface area (Å²) in [7, 11) is 0. The lowest BCUT2D eigenvalue weighted by Crippen LogP contribution is -2.69. The Kier molecular flexibility index (Phi) is 8.17. The van der Waals surface area contributed by atoms with E-state index in [0.29, 0.717) is 29.5 Å². The van der Waals surface area contributed by atoms with E-state index < -0.39 is 0 Å². The summed E-state index contributed by atoms with van der Waals surface area (Å²) in [5.41, 5.74) is 0.342. The number of guanidine groups is 1. The highest BCUT2D eigenvalue weighted by Gasteiger charge is 2.65. The van der Waals surface area contributed by atoms with Gasteiger partial charge in [0.2, 0.25) is 0 Å². The Hall–Kier alpha value is -0.420. The number of aliphatic imine (C=N–C) groups is 1. The molecule has 5 rings (SSSR count). The van der Waals surface area contributed by atoms with Crippen molar-refractivity contribution < 1.29 is 9.47 Å². The van der Waals surface area contributed by atoms with Gasteiger partial charge in [0.05, 0.1) is 31.9 Å². The Labute approximate surface area is 207 Å². The minimum absolute atomic E-state index is 0. The van der Waals surface area contributed by atoms with Crippen LogP contribution < -0.4 is 10.6 Å². The van der Waals surface area contributed by atoms with Crippen LogP contribution in [0.5, 0.6) is 0 Å². The Morgan fingerprint density at radius 2 is 2.10 bits per heavy atom. The molecule has 0 radical (unpaired) electrons. The highest BCUT2D eigenvalue weighted by atomic mass is 127. The molecule has 4 fully saturated rings. The van der Waals surface area contributed by atoms with Gasteiger partial charge in [-0.1, -0.05) is 18.9 Å². The third kappa shape index (κ3) is 4.65. The molecular weight excluding hydrogens is 523 g/mol. The number of halogens is 1. The zero-order valence-electron chi connectivity index (χ0n) is 18.6. The fourth-order valence-electron chi connectivity index (χ4n) is 6.30. The van der Waals surface area contributed by atoms with Crippen molar-refractivity contribution in [2.75, 3.05) is 46.0 Å². The van der Waals surface area contributed by atoms with E-state index in [-0.39, 0.29) is 24.0 Å². The number of hydrogen-bond acceptors (Lipinski definition) is 5. The van der Waals surface area contributed by atoms with Gasteiger partial charge in [0.25, 0.3) is 0 Å². The first-order valence-electron chi connectivity index (χ1n) is 11.8. The van der Waals surface area contributed by atoms with Gasteiger partial charge in [-0.2, -0.15) is 0 Å². The quantitative estimate of drug-likeness (QED) is 0.316. The third-order valence-corrected chi connectivity index (χ3v) is 8.68. The van der Waals surface area contributed by atoms with Gasteiger partial charge in [0, 0.05) is 48.5 Å². The number of nitrogens with one attached hydrogen (secondary N) is 2. The van der Waals surface area contributed by atoms with Crippen LogP contribution in [-0.2, 0) is 9.47 Å². The maximum atomic E-state index is 6.17. The first-order chi connectivity index (χ1) is 14.8. The molecule has 4 unspecified atom stereocenters. The molecule has 0 amide bonds. The summed E-state index contributed by atoms with van der Waals surface area (Å²) in [5.74, 6) is 1.63. The molecule has 0 bridgehead atoms. The fourth-order valence-corrected chi connectivity index (χ4v) is 7.16. The molecule has 2 N–H and O–H groups in total. The lowest BCUT2D eigenvalue weighted by molar-refractivity contribution is -0.125. The van der Waals surface area contributed by atoms with Gasteiger partial charge in [-0.3, -0.25) is 9.89 Å². The van der Waals surface area contributed by atoms with E-state index in [0.717, 1.165) is 52.0 Å². The van der Waals surface area contributed by atoms with Crippen LogP contribution in [0.15, 0.2) is 22.5 Å². The van der Waals surface area contributed by atoms with E-state index in [1.165, 1.54) is 37.0 Å². The molecule has 2 saturated heterocycles. The summed E-state index contributed by atoms with van der Waals surface area (Å²) in [4.78, 5) is 9.05. The number of hydrogen-bond donors (Lipinski definition) is 2. The number of rotatable bonds is 6. The maximum Gasteiger partial charge on any atom is 0.191 e. The number of ether oxygens (including phenoxy) is 2. The Morgan fingerprint density at radius 3 is 2.81 bits per heavy atom. The molecule has 2 aliphatic carbocycles. The molecule has 3 heterocycles. The molecule has 4 aliphatic rings. The van der Waals surface area contributed by atoms with E-state index in [1.807, 2.05) is 11.3 Å². The second kappa shape index (κ2) is 10.7. The van der Waals surface area contributed by atoms with E-state index in [2.05, 4.69) is 40.0 Å². The molecule has 2 aliphatic heterocycles. The minimum atomic E-state index is 0. The van der Waals surface area contributed by atoms with Crippen LogP contribution in [0.1, 0.15) is 49.9 Å². The number of thiophene rings is 1. The van der Waals surface area contributed by atoms with Gasteiger partial charge in [-0.05, 0) is 37.6 Å². The smallest absolute Gasteiger partial charge is 0.191 e. The average Bonchev–Trinajstić information content (AvgIpc) is 3.54. The summed E-state index contributed by atoms with van der Waals surface area (Å²) < 4.78 is 11.8. The van der Waals surface area contributed by atoms with Crippen LogP contribution in [0.4, 0.5) is 0 Å². The molecule has 8 heteroatoms. The molecule has 31 heavy (non-hydrogen) atoms. The fraction of sp³-hybridized carbons (Fsp3) is 0.783. The molecular formula is C23H37IN4O2S. The zero-order chi connectivity index (χ0) is 20.4. The van der Waals surface area contributed by atoms with Crippen molar-refractivity contribution in [2.45, 2.75) is 57.2 Å². The minimum Gasteiger partial charge on any atom is -0.379 e. The first-order valence-corrected chi connectivity index (χ1v) is 12.7. The first kappa shape index (κ1) is 23.7. The van der Waals surface area contributed by atoms with Crippen molar-refractivity contribution in [1.82, 2.24) is 15.5 Å². The highest BCUT2D eigenvalue weighted by Crippen LogP contribution is 2.60. The lowest BCUT2D eigenvalue weighted by Gasteiger charge is -2.57. The summed E-state index contributed by atoms with van der Waals surface area (Å²) in [6.07, 6.45) is 6.96. The number of nitrogens with zero attached hydrogens (tertiary/aromatic N) is 2. The third-order valence-electron chi connectivity index (χ3n) is 7.70. The van der Waals surface area contributed by atoms with Crippen LogP contribution in [0.3, 0.4) is 0 Å². The van der Waals surface area contributed by atoms with Gasteiger partial charge in [-0.25, -0.2) is 0 Å². The van der Waals surface area contributed by atoms with Gasteiger partial charge >= 0.3 is 0 Å². The van der Waals surface area contributed by atoms with E-state index in [1.54, 1.807) is 0 Å². The van der Waals surface area contributed by atoms with Gasteiger partial charge in [-0.15, -0.1) is 35.3 Å². The van der Waals surface area contributed by atoms with Crippen LogP contribution in [-0.4, -0.2) is 69.0 Å². The van der Waals surface area contributed by atoms with E-state index in [9.17, 15) is 0 Å². The van der Waals surface area contributed by atoms with Crippen LogP contribution >= 0.6 is 35.3 Å². The van der Waals surface area contributed by atoms with Crippen molar-refractivity contribution in [1.29, 1.82) is 0 Å². The molecule has 1 spiro atoms. The monoisotopic (exact) mass is 560 g/mol. The number of morpholine rings is 1. The topological polar surface area (TPSA) is 58.1 Å². The van der Waals surface area contributed by atoms with Crippen molar-refractivity contribution in [3.05, 3.63) is 22.4 Å². The second-order valence-electron chi connectivity index (χ2n) is 9.21. The summed E-state index contributed by atoms with van der Waals surface area (Å²) in [5, 5.41) is 9.59. The van der Waals surface area contributed by atoms with Crippen molar-refractivity contribution in [3.63, 3.8) is 0 Å². The normalized spacial score (nSPS) is 31.0. The van der Waals surface area contributed by atoms with Gasteiger partial charge in [0.1, 0.15) is 0 Å². The Morgan fingerprint density at radius 1 is 1.29 bits per heavy atom. The average molecular weight is 561 g/mol. The van der Waals surface area contributed by atoms with E-state index >= 15 is 0 Å². The molecule has 4 atom stereocenters. The maximum absolute atomic E-state index is 6.17. The Balaban J connectivity index is 0.00000231. The SMILES string of the molecule is CCNC(=NCC(c1cccs1)N1CCOCC1)NC1C2CCOC2C12CCCC2.I. The molecule has 1 aromatic rings. The van der Waals surface area contributed by atoms with Crippen molar-refractivity contribution >= 4 is 41.3 Å². The second-order valence-corrected chi connectivity index (χ2v) is 10.2. The van der Waals surface area contributed by atoms with Crippen molar-refractivity contribution in [3.8, 4) is 0 Å². The molecule has 174 valence electrons.